The Hall–Kier alpha value is -2.65. The summed E-state index contributed by atoms with van der Waals surface area (Å²) in [5.74, 6) is -0.234. The number of hydrogen-bond acceptors (Lipinski definition) is 3. The maximum Gasteiger partial charge on any atom is 0.338 e. The molecule has 0 atom stereocenters. The molecule has 1 aliphatic heterocycles. The largest absolute Gasteiger partial charge is 0.462 e. The summed E-state index contributed by atoms with van der Waals surface area (Å²) in [5.41, 5.74) is 7.29. The number of carbonyl (C=O) groups is 1. The van der Waals surface area contributed by atoms with E-state index in [0.717, 1.165) is 32.5 Å². The maximum atomic E-state index is 12.0. The minimum absolute atomic E-state index is 0.234. The molecule has 1 heterocycles. The van der Waals surface area contributed by atoms with Crippen molar-refractivity contribution in [3.05, 3.63) is 88.5 Å². The van der Waals surface area contributed by atoms with Crippen LogP contribution in [0.1, 0.15) is 40.4 Å². The average Bonchev–Trinajstić information content (AvgIpc) is 3.13. The van der Waals surface area contributed by atoms with Gasteiger partial charge in [-0.1, -0.05) is 48.6 Å². The van der Waals surface area contributed by atoms with E-state index in [-0.39, 0.29) is 5.97 Å². The SMILES string of the molecule is CCOC(=O)c1ccc2c(c1)CC=C2C1=CCN(Cc2ccccc2)CC1. The molecule has 0 amide bonds. The van der Waals surface area contributed by atoms with Gasteiger partial charge in [0, 0.05) is 19.6 Å². The van der Waals surface area contributed by atoms with E-state index in [2.05, 4.69) is 53.5 Å². The third-order valence-corrected chi connectivity index (χ3v) is 5.32. The van der Waals surface area contributed by atoms with Crippen molar-refractivity contribution < 1.29 is 9.53 Å². The zero-order chi connectivity index (χ0) is 18.6. The lowest BCUT2D eigenvalue weighted by Crippen LogP contribution is -2.28. The van der Waals surface area contributed by atoms with Crippen LogP contribution in [0.4, 0.5) is 0 Å². The van der Waals surface area contributed by atoms with Crippen LogP contribution >= 0.6 is 0 Å². The molecule has 2 aliphatic rings. The summed E-state index contributed by atoms with van der Waals surface area (Å²) in [4.78, 5) is 14.4. The van der Waals surface area contributed by atoms with Gasteiger partial charge < -0.3 is 4.74 Å². The molecule has 0 unspecified atom stereocenters. The van der Waals surface area contributed by atoms with Crippen molar-refractivity contribution in [2.24, 2.45) is 0 Å². The Morgan fingerprint density at radius 3 is 2.70 bits per heavy atom. The molecule has 2 aromatic rings. The number of allylic oxidation sites excluding steroid dienone is 2. The number of carbonyl (C=O) groups excluding carboxylic acids is 1. The molecule has 2 aromatic carbocycles. The Morgan fingerprint density at radius 2 is 1.96 bits per heavy atom. The standard InChI is InChI=1S/C24H25NO2/c1-2-27-24(26)21-9-11-23-20(16-21)8-10-22(23)19-12-14-25(15-13-19)17-18-6-4-3-5-7-18/h3-7,9-12,16H,2,8,13-15,17H2,1H3. The Bertz CT molecular complexity index is 896. The summed E-state index contributed by atoms with van der Waals surface area (Å²) in [5, 5.41) is 0. The molecule has 3 nitrogen and oxygen atoms in total. The summed E-state index contributed by atoms with van der Waals surface area (Å²) < 4.78 is 5.12. The summed E-state index contributed by atoms with van der Waals surface area (Å²) in [7, 11) is 0. The van der Waals surface area contributed by atoms with Crippen molar-refractivity contribution >= 4 is 11.5 Å². The third kappa shape index (κ3) is 3.88. The minimum atomic E-state index is -0.234. The molecule has 0 saturated heterocycles. The predicted octanol–water partition coefficient (Wildman–Crippen LogP) is 4.64. The normalized spacial score (nSPS) is 16.5. The van der Waals surface area contributed by atoms with Crippen molar-refractivity contribution in [2.75, 3.05) is 19.7 Å². The fourth-order valence-corrected chi connectivity index (χ4v) is 3.93. The smallest absolute Gasteiger partial charge is 0.338 e. The number of rotatable bonds is 5. The molecular weight excluding hydrogens is 334 g/mol. The Balaban J connectivity index is 1.45. The summed E-state index contributed by atoms with van der Waals surface area (Å²) in [6, 6.07) is 16.6. The first-order valence-electron chi connectivity index (χ1n) is 9.71. The van der Waals surface area contributed by atoms with Gasteiger partial charge in [0.15, 0.2) is 0 Å². The van der Waals surface area contributed by atoms with Crippen LogP contribution < -0.4 is 0 Å². The highest BCUT2D eigenvalue weighted by Gasteiger charge is 2.22. The van der Waals surface area contributed by atoms with Gasteiger partial charge in [0.1, 0.15) is 0 Å². The second-order valence-electron chi connectivity index (χ2n) is 7.11. The number of ether oxygens (including phenoxy) is 1. The number of fused-ring (bicyclic) bond motifs is 1. The zero-order valence-electron chi connectivity index (χ0n) is 15.8. The van der Waals surface area contributed by atoms with Gasteiger partial charge in [-0.2, -0.15) is 0 Å². The van der Waals surface area contributed by atoms with Crippen LogP contribution in [0.2, 0.25) is 0 Å². The first kappa shape index (κ1) is 17.7. The van der Waals surface area contributed by atoms with Crippen LogP contribution in [0, 0.1) is 0 Å². The first-order valence-corrected chi connectivity index (χ1v) is 9.71. The molecule has 27 heavy (non-hydrogen) atoms. The second-order valence-corrected chi connectivity index (χ2v) is 7.11. The van der Waals surface area contributed by atoms with Gasteiger partial charge in [0.25, 0.3) is 0 Å². The van der Waals surface area contributed by atoms with Gasteiger partial charge in [0.05, 0.1) is 12.2 Å². The Labute approximate surface area is 161 Å². The van der Waals surface area contributed by atoms with E-state index >= 15 is 0 Å². The zero-order valence-corrected chi connectivity index (χ0v) is 15.8. The van der Waals surface area contributed by atoms with Gasteiger partial charge >= 0.3 is 5.97 Å². The lowest BCUT2D eigenvalue weighted by Gasteiger charge is -2.27. The van der Waals surface area contributed by atoms with Crippen LogP contribution in [-0.4, -0.2) is 30.6 Å². The predicted molar refractivity (Wildman–Crippen MR) is 108 cm³/mol. The molecule has 0 aromatic heterocycles. The van der Waals surface area contributed by atoms with Gasteiger partial charge in [-0.15, -0.1) is 0 Å². The molecule has 4 rings (SSSR count). The van der Waals surface area contributed by atoms with Crippen LogP contribution in [0.5, 0.6) is 0 Å². The summed E-state index contributed by atoms with van der Waals surface area (Å²) >= 11 is 0. The highest BCUT2D eigenvalue weighted by atomic mass is 16.5. The number of hydrogen-bond donors (Lipinski definition) is 0. The number of benzene rings is 2. The Kier molecular flexibility index (Phi) is 5.21. The lowest BCUT2D eigenvalue weighted by atomic mass is 9.93. The molecular formula is C24H25NO2. The summed E-state index contributed by atoms with van der Waals surface area (Å²) in [6.45, 7) is 5.31. The average molecular weight is 359 g/mol. The van der Waals surface area contributed by atoms with E-state index in [1.54, 1.807) is 0 Å². The molecule has 138 valence electrons. The number of nitrogens with zero attached hydrogens (tertiary/aromatic N) is 1. The topological polar surface area (TPSA) is 29.5 Å². The van der Waals surface area contributed by atoms with Crippen LogP contribution in [0.15, 0.2) is 66.3 Å². The molecule has 0 N–H and O–H groups in total. The minimum Gasteiger partial charge on any atom is -0.462 e. The molecule has 0 fully saturated rings. The number of esters is 1. The van der Waals surface area contributed by atoms with Crippen LogP contribution in [0.25, 0.3) is 5.57 Å². The van der Waals surface area contributed by atoms with Gasteiger partial charge in [0.2, 0.25) is 0 Å². The van der Waals surface area contributed by atoms with Gasteiger partial charge in [-0.25, -0.2) is 4.79 Å². The molecule has 0 bridgehead atoms. The lowest BCUT2D eigenvalue weighted by molar-refractivity contribution is 0.0526. The van der Waals surface area contributed by atoms with E-state index in [1.807, 2.05) is 19.1 Å². The molecule has 1 aliphatic carbocycles. The van der Waals surface area contributed by atoms with Gasteiger partial charge in [-0.3, -0.25) is 4.90 Å². The third-order valence-electron chi connectivity index (χ3n) is 5.32. The maximum absolute atomic E-state index is 12.0. The molecule has 0 spiro atoms. The quantitative estimate of drug-likeness (QED) is 0.729. The highest BCUT2D eigenvalue weighted by molar-refractivity contribution is 5.92. The fraction of sp³-hybridized carbons (Fsp3) is 0.292. The van der Waals surface area contributed by atoms with E-state index < -0.39 is 0 Å². The van der Waals surface area contributed by atoms with Crippen LogP contribution in [0.3, 0.4) is 0 Å². The molecule has 3 heteroatoms. The van der Waals surface area contributed by atoms with E-state index in [0.29, 0.717) is 12.2 Å². The first-order chi connectivity index (χ1) is 13.2. The van der Waals surface area contributed by atoms with Crippen molar-refractivity contribution in [3.8, 4) is 0 Å². The van der Waals surface area contributed by atoms with E-state index in [4.69, 9.17) is 4.74 Å². The van der Waals surface area contributed by atoms with Crippen molar-refractivity contribution in [1.82, 2.24) is 4.90 Å². The van der Waals surface area contributed by atoms with Gasteiger partial charge in [-0.05, 0) is 59.7 Å². The Morgan fingerprint density at radius 1 is 1.11 bits per heavy atom. The fourth-order valence-electron chi connectivity index (χ4n) is 3.93. The van der Waals surface area contributed by atoms with E-state index in [9.17, 15) is 4.79 Å². The molecule has 0 radical (unpaired) electrons. The monoisotopic (exact) mass is 359 g/mol. The van der Waals surface area contributed by atoms with Crippen molar-refractivity contribution in [3.63, 3.8) is 0 Å². The van der Waals surface area contributed by atoms with Crippen LogP contribution in [-0.2, 0) is 17.7 Å². The molecule has 0 saturated carbocycles. The van der Waals surface area contributed by atoms with Crippen molar-refractivity contribution in [1.29, 1.82) is 0 Å². The van der Waals surface area contributed by atoms with E-state index in [1.165, 1.54) is 27.8 Å². The highest BCUT2D eigenvalue weighted by Crippen LogP contribution is 2.36. The second kappa shape index (κ2) is 7.93. The summed E-state index contributed by atoms with van der Waals surface area (Å²) in [6.07, 6.45) is 6.63. The van der Waals surface area contributed by atoms with Crippen molar-refractivity contribution in [2.45, 2.75) is 26.3 Å².